The highest BCUT2D eigenvalue weighted by Gasteiger charge is 2.09. The molecule has 0 radical (unpaired) electrons. The van der Waals surface area contributed by atoms with E-state index in [1.807, 2.05) is 26.8 Å². The molecule has 98 valence electrons. The van der Waals surface area contributed by atoms with Crippen LogP contribution in [0.2, 0.25) is 5.02 Å². The summed E-state index contributed by atoms with van der Waals surface area (Å²) in [6, 6.07) is 9.09. The second-order valence-corrected chi connectivity index (χ2v) is 5.04. The number of carbonyl (C=O) groups excluding carboxylic acids is 1. The highest BCUT2D eigenvalue weighted by Crippen LogP contribution is 2.31. The van der Waals surface area contributed by atoms with Crippen LogP contribution < -0.4 is 4.74 Å². The van der Waals surface area contributed by atoms with E-state index in [1.54, 1.807) is 18.2 Å². The van der Waals surface area contributed by atoms with E-state index in [9.17, 15) is 4.79 Å². The predicted octanol–water partition coefficient (Wildman–Crippen LogP) is 4.87. The predicted molar refractivity (Wildman–Crippen MR) is 77.6 cm³/mol. The summed E-state index contributed by atoms with van der Waals surface area (Å²) < 4.78 is 5.86. The van der Waals surface area contributed by atoms with Crippen molar-refractivity contribution < 1.29 is 9.53 Å². The first kappa shape index (κ1) is 13.6. The maximum atomic E-state index is 11.0. The minimum Gasteiger partial charge on any atom is -0.456 e. The zero-order valence-electron chi connectivity index (χ0n) is 11.2. The molecule has 0 aliphatic rings. The first-order valence-corrected chi connectivity index (χ1v) is 6.39. The van der Waals surface area contributed by atoms with E-state index in [4.69, 9.17) is 16.3 Å². The zero-order valence-corrected chi connectivity index (χ0v) is 11.9. The molecule has 2 aromatic carbocycles. The van der Waals surface area contributed by atoms with E-state index in [1.165, 1.54) is 0 Å². The van der Waals surface area contributed by atoms with Gasteiger partial charge >= 0.3 is 0 Å². The molecule has 0 N–H and O–H groups in total. The van der Waals surface area contributed by atoms with Crippen LogP contribution in [0.15, 0.2) is 30.3 Å². The third-order valence-electron chi connectivity index (χ3n) is 3.08. The summed E-state index contributed by atoms with van der Waals surface area (Å²) in [5.41, 5.74) is 3.81. The maximum absolute atomic E-state index is 11.0. The van der Waals surface area contributed by atoms with Gasteiger partial charge in [-0.3, -0.25) is 4.79 Å². The van der Waals surface area contributed by atoms with E-state index in [2.05, 4.69) is 6.07 Å². The lowest BCUT2D eigenvalue weighted by molar-refractivity contribution is 0.112. The molecule has 0 aliphatic heterocycles. The SMILES string of the molecule is Cc1cc(C)c(C)c(Oc2ccc(Cl)cc2C=O)c1. The van der Waals surface area contributed by atoms with E-state index in [0.717, 1.165) is 28.7 Å². The van der Waals surface area contributed by atoms with Gasteiger partial charge in [0.05, 0.1) is 5.56 Å². The van der Waals surface area contributed by atoms with Gasteiger partial charge in [0.1, 0.15) is 11.5 Å². The number of benzene rings is 2. The molecule has 2 aromatic rings. The minimum absolute atomic E-state index is 0.450. The number of aryl methyl sites for hydroxylation is 2. The van der Waals surface area contributed by atoms with Crippen molar-refractivity contribution in [3.05, 3.63) is 57.6 Å². The van der Waals surface area contributed by atoms with Crippen LogP contribution in [0.4, 0.5) is 0 Å². The van der Waals surface area contributed by atoms with Crippen molar-refractivity contribution in [2.45, 2.75) is 20.8 Å². The van der Waals surface area contributed by atoms with Crippen molar-refractivity contribution in [2.75, 3.05) is 0 Å². The molecule has 3 heteroatoms. The monoisotopic (exact) mass is 274 g/mol. The van der Waals surface area contributed by atoms with Gasteiger partial charge in [-0.15, -0.1) is 0 Å². The van der Waals surface area contributed by atoms with Gasteiger partial charge in [0, 0.05) is 5.02 Å². The maximum Gasteiger partial charge on any atom is 0.153 e. The Labute approximate surface area is 118 Å². The Kier molecular flexibility index (Phi) is 3.91. The highest BCUT2D eigenvalue weighted by molar-refractivity contribution is 6.30. The Bertz CT molecular complexity index is 633. The van der Waals surface area contributed by atoms with Crippen molar-refractivity contribution in [1.82, 2.24) is 0 Å². The minimum atomic E-state index is 0.450. The molecule has 0 aromatic heterocycles. The highest BCUT2D eigenvalue weighted by atomic mass is 35.5. The lowest BCUT2D eigenvalue weighted by Gasteiger charge is -2.13. The average molecular weight is 275 g/mol. The fourth-order valence-corrected chi connectivity index (χ4v) is 2.11. The van der Waals surface area contributed by atoms with E-state index in [0.29, 0.717) is 16.3 Å². The summed E-state index contributed by atoms with van der Waals surface area (Å²) in [5, 5.41) is 0.520. The van der Waals surface area contributed by atoms with Crippen LogP contribution in [-0.2, 0) is 0 Å². The van der Waals surface area contributed by atoms with Crippen LogP contribution in [0, 0.1) is 20.8 Å². The molecule has 0 heterocycles. The van der Waals surface area contributed by atoms with Gasteiger partial charge in [0.2, 0.25) is 0 Å². The first-order valence-electron chi connectivity index (χ1n) is 6.01. The van der Waals surface area contributed by atoms with Gasteiger partial charge < -0.3 is 4.74 Å². The van der Waals surface area contributed by atoms with Gasteiger partial charge in [-0.05, 0) is 61.7 Å². The molecule has 0 spiro atoms. The number of aldehydes is 1. The number of ether oxygens (including phenoxy) is 1. The van der Waals surface area contributed by atoms with Crippen molar-refractivity contribution in [1.29, 1.82) is 0 Å². The number of halogens is 1. The third-order valence-corrected chi connectivity index (χ3v) is 3.32. The van der Waals surface area contributed by atoms with Crippen LogP contribution >= 0.6 is 11.6 Å². The molecule has 0 fully saturated rings. The Morgan fingerprint density at radius 3 is 2.47 bits per heavy atom. The molecule has 0 amide bonds. The normalized spacial score (nSPS) is 10.3. The van der Waals surface area contributed by atoms with Crippen LogP contribution in [0.3, 0.4) is 0 Å². The Balaban J connectivity index is 2.44. The molecule has 0 bridgehead atoms. The molecule has 0 unspecified atom stereocenters. The molecule has 2 rings (SSSR count). The summed E-state index contributed by atoms with van der Waals surface area (Å²) in [6.07, 6.45) is 0.749. The van der Waals surface area contributed by atoms with Gasteiger partial charge in [-0.25, -0.2) is 0 Å². The second-order valence-electron chi connectivity index (χ2n) is 4.61. The molecule has 0 aliphatic carbocycles. The lowest BCUT2D eigenvalue weighted by atomic mass is 10.1. The summed E-state index contributed by atoms with van der Waals surface area (Å²) >= 11 is 5.87. The number of hydrogen-bond donors (Lipinski definition) is 0. The van der Waals surface area contributed by atoms with Gasteiger partial charge in [-0.2, -0.15) is 0 Å². The Hall–Kier alpha value is -1.80. The van der Waals surface area contributed by atoms with Crippen LogP contribution in [-0.4, -0.2) is 6.29 Å². The van der Waals surface area contributed by atoms with E-state index < -0.39 is 0 Å². The fraction of sp³-hybridized carbons (Fsp3) is 0.188. The van der Waals surface area contributed by atoms with Crippen molar-refractivity contribution in [3.8, 4) is 11.5 Å². The second kappa shape index (κ2) is 5.45. The lowest BCUT2D eigenvalue weighted by Crippen LogP contribution is -1.94. The van der Waals surface area contributed by atoms with Gasteiger partial charge in [0.15, 0.2) is 6.29 Å². The smallest absolute Gasteiger partial charge is 0.153 e. The first-order chi connectivity index (χ1) is 9.01. The summed E-state index contributed by atoms with van der Waals surface area (Å²) in [5.74, 6) is 1.29. The molecular weight excluding hydrogens is 260 g/mol. The summed E-state index contributed by atoms with van der Waals surface area (Å²) in [4.78, 5) is 11.0. The van der Waals surface area contributed by atoms with Crippen LogP contribution in [0.1, 0.15) is 27.0 Å². The number of rotatable bonds is 3. The molecule has 0 saturated heterocycles. The largest absolute Gasteiger partial charge is 0.456 e. The Morgan fingerprint density at radius 2 is 1.79 bits per heavy atom. The average Bonchev–Trinajstić information content (AvgIpc) is 2.37. The van der Waals surface area contributed by atoms with Gasteiger partial charge in [-0.1, -0.05) is 17.7 Å². The summed E-state index contributed by atoms with van der Waals surface area (Å²) in [7, 11) is 0. The summed E-state index contributed by atoms with van der Waals surface area (Å²) in [6.45, 7) is 6.06. The molecule has 19 heavy (non-hydrogen) atoms. The Morgan fingerprint density at radius 1 is 1.05 bits per heavy atom. The van der Waals surface area contributed by atoms with Crippen molar-refractivity contribution in [3.63, 3.8) is 0 Å². The van der Waals surface area contributed by atoms with Crippen LogP contribution in [0.5, 0.6) is 11.5 Å². The standard InChI is InChI=1S/C16H15ClO2/c1-10-6-11(2)12(3)16(7-10)19-15-5-4-14(17)8-13(15)9-18/h4-9H,1-3H3. The molecule has 0 atom stereocenters. The van der Waals surface area contributed by atoms with E-state index in [-0.39, 0.29) is 0 Å². The van der Waals surface area contributed by atoms with Gasteiger partial charge in [0.25, 0.3) is 0 Å². The zero-order chi connectivity index (χ0) is 14.0. The quantitative estimate of drug-likeness (QED) is 0.747. The number of hydrogen-bond acceptors (Lipinski definition) is 2. The molecule has 0 saturated carbocycles. The fourth-order valence-electron chi connectivity index (χ4n) is 1.93. The molecule has 2 nitrogen and oxygen atoms in total. The van der Waals surface area contributed by atoms with E-state index >= 15 is 0 Å². The number of carbonyl (C=O) groups is 1. The topological polar surface area (TPSA) is 26.3 Å². The third kappa shape index (κ3) is 2.96. The van der Waals surface area contributed by atoms with Crippen molar-refractivity contribution >= 4 is 17.9 Å². The van der Waals surface area contributed by atoms with Crippen molar-refractivity contribution in [2.24, 2.45) is 0 Å². The molecular formula is C16H15ClO2. The van der Waals surface area contributed by atoms with Crippen LogP contribution in [0.25, 0.3) is 0 Å².